The van der Waals surface area contributed by atoms with E-state index in [4.69, 9.17) is 4.74 Å². The summed E-state index contributed by atoms with van der Waals surface area (Å²) < 4.78 is 10.6. The zero-order chi connectivity index (χ0) is 14.0. The lowest BCUT2D eigenvalue weighted by Crippen LogP contribution is -2.23. The molecule has 1 aromatic heterocycles. The van der Waals surface area contributed by atoms with E-state index in [1.165, 1.54) is 0 Å². The molecule has 0 fully saturated rings. The van der Waals surface area contributed by atoms with Gasteiger partial charge >= 0.3 is 5.97 Å². The number of carbonyl (C=O) groups excluding carboxylic acids is 1. The summed E-state index contributed by atoms with van der Waals surface area (Å²) in [4.78, 5) is 12.4. The van der Waals surface area contributed by atoms with Gasteiger partial charge in [-0.15, -0.1) is 0 Å². The van der Waals surface area contributed by atoms with Gasteiger partial charge in [0, 0.05) is 10.0 Å². The van der Waals surface area contributed by atoms with E-state index in [0.29, 0.717) is 4.88 Å². The standard InChI is InChI=1S/C14H14BrNO2S/c1-14(2,3)18-13(17)12-8-11(16-19-12)9-6-4-5-7-10(9)15/h4-8H,1-3H3. The van der Waals surface area contributed by atoms with Crippen LogP contribution in [0.5, 0.6) is 0 Å². The second-order valence-corrected chi connectivity index (χ2v) is 6.72. The van der Waals surface area contributed by atoms with Crippen LogP contribution in [0.4, 0.5) is 0 Å². The number of ether oxygens (including phenoxy) is 1. The van der Waals surface area contributed by atoms with Gasteiger partial charge in [-0.2, -0.15) is 4.37 Å². The fraction of sp³-hybridized carbons (Fsp3) is 0.286. The van der Waals surface area contributed by atoms with Crippen molar-refractivity contribution in [2.24, 2.45) is 0 Å². The molecule has 1 heterocycles. The lowest BCUT2D eigenvalue weighted by Gasteiger charge is -2.18. The smallest absolute Gasteiger partial charge is 0.350 e. The molecular formula is C14H14BrNO2S. The van der Waals surface area contributed by atoms with Crippen LogP contribution in [0.15, 0.2) is 34.8 Å². The highest BCUT2D eigenvalue weighted by Gasteiger charge is 2.20. The molecule has 0 amide bonds. The molecule has 2 rings (SSSR count). The Kier molecular flexibility index (Phi) is 4.06. The SMILES string of the molecule is CC(C)(C)OC(=O)c1cc(-c2ccccc2Br)ns1. The van der Waals surface area contributed by atoms with Gasteiger partial charge in [-0.1, -0.05) is 34.1 Å². The predicted molar refractivity (Wildman–Crippen MR) is 80.4 cm³/mol. The highest BCUT2D eigenvalue weighted by molar-refractivity contribution is 9.10. The van der Waals surface area contributed by atoms with E-state index in [-0.39, 0.29) is 5.97 Å². The van der Waals surface area contributed by atoms with Crippen molar-refractivity contribution in [2.45, 2.75) is 26.4 Å². The van der Waals surface area contributed by atoms with E-state index in [2.05, 4.69) is 20.3 Å². The summed E-state index contributed by atoms with van der Waals surface area (Å²) in [5.41, 5.74) is 1.25. The van der Waals surface area contributed by atoms with Crippen LogP contribution in [0.3, 0.4) is 0 Å². The van der Waals surface area contributed by atoms with Gasteiger partial charge in [-0.3, -0.25) is 0 Å². The lowest BCUT2D eigenvalue weighted by atomic mass is 10.1. The Balaban J connectivity index is 2.25. The van der Waals surface area contributed by atoms with Gasteiger partial charge < -0.3 is 4.74 Å². The molecule has 2 aromatic rings. The molecule has 0 atom stereocenters. The van der Waals surface area contributed by atoms with Crippen molar-refractivity contribution in [2.75, 3.05) is 0 Å². The topological polar surface area (TPSA) is 39.2 Å². The fourth-order valence-corrected chi connectivity index (χ4v) is 2.61. The Morgan fingerprint density at radius 2 is 2.00 bits per heavy atom. The summed E-state index contributed by atoms with van der Waals surface area (Å²) in [5, 5.41) is 0. The number of halogens is 1. The maximum Gasteiger partial charge on any atom is 0.350 e. The number of hydrogen-bond acceptors (Lipinski definition) is 4. The number of benzene rings is 1. The normalized spacial score (nSPS) is 11.4. The Hall–Kier alpha value is -1.20. The molecule has 0 radical (unpaired) electrons. The predicted octanol–water partition coefficient (Wildman–Crippen LogP) is 4.53. The maximum absolute atomic E-state index is 11.9. The molecule has 5 heteroatoms. The number of aromatic nitrogens is 1. The number of carbonyl (C=O) groups is 1. The minimum absolute atomic E-state index is 0.330. The second kappa shape index (κ2) is 5.43. The van der Waals surface area contributed by atoms with Crippen molar-refractivity contribution in [3.8, 4) is 11.3 Å². The van der Waals surface area contributed by atoms with Crippen molar-refractivity contribution in [3.05, 3.63) is 39.7 Å². The van der Waals surface area contributed by atoms with Gasteiger partial charge in [-0.25, -0.2) is 4.79 Å². The minimum Gasteiger partial charge on any atom is -0.456 e. The summed E-state index contributed by atoms with van der Waals surface area (Å²) in [6.45, 7) is 5.54. The highest BCUT2D eigenvalue weighted by Crippen LogP contribution is 2.29. The monoisotopic (exact) mass is 339 g/mol. The largest absolute Gasteiger partial charge is 0.456 e. The third-order valence-electron chi connectivity index (χ3n) is 2.26. The van der Waals surface area contributed by atoms with Crippen LogP contribution in [0.1, 0.15) is 30.4 Å². The van der Waals surface area contributed by atoms with Crippen LogP contribution >= 0.6 is 27.5 Å². The molecule has 0 aliphatic rings. The first-order valence-corrected chi connectivity index (χ1v) is 7.38. The van der Waals surface area contributed by atoms with Crippen LogP contribution in [0, 0.1) is 0 Å². The van der Waals surface area contributed by atoms with E-state index in [9.17, 15) is 4.79 Å². The first-order valence-electron chi connectivity index (χ1n) is 5.82. The van der Waals surface area contributed by atoms with Gasteiger partial charge in [0.2, 0.25) is 0 Å². The first-order chi connectivity index (χ1) is 8.87. The van der Waals surface area contributed by atoms with Crippen molar-refractivity contribution < 1.29 is 9.53 Å². The quantitative estimate of drug-likeness (QED) is 0.754. The molecule has 1 aromatic carbocycles. The number of rotatable bonds is 2. The lowest BCUT2D eigenvalue weighted by molar-refractivity contribution is 0.00753. The van der Waals surface area contributed by atoms with Crippen LogP contribution in [0.25, 0.3) is 11.3 Å². The Labute approximate surface area is 124 Å². The zero-order valence-electron chi connectivity index (χ0n) is 10.9. The molecule has 0 spiro atoms. The van der Waals surface area contributed by atoms with E-state index >= 15 is 0 Å². The molecule has 0 saturated heterocycles. The summed E-state index contributed by atoms with van der Waals surface area (Å²) in [6.07, 6.45) is 0. The average Bonchev–Trinajstić information content (AvgIpc) is 2.76. The van der Waals surface area contributed by atoms with E-state index in [1.807, 2.05) is 45.0 Å². The van der Waals surface area contributed by atoms with Gasteiger partial charge in [0.25, 0.3) is 0 Å². The Morgan fingerprint density at radius 1 is 1.32 bits per heavy atom. The summed E-state index contributed by atoms with van der Waals surface area (Å²) in [5.74, 6) is -0.330. The first kappa shape index (κ1) is 14.2. The van der Waals surface area contributed by atoms with Crippen LogP contribution < -0.4 is 0 Å². The van der Waals surface area contributed by atoms with Crippen LogP contribution in [-0.4, -0.2) is 15.9 Å². The van der Waals surface area contributed by atoms with Crippen molar-refractivity contribution in [1.82, 2.24) is 4.37 Å². The second-order valence-electron chi connectivity index (χ2n) is 5.06. The average molecular weight is 340 g/mol. The molecule has 0 aliphatic carbocycles. The number of nitrogens with zero attached hydrogens (tertiary/aromatic N) is 1. The molecule has 100 valence electrons. The zero-order valence-corrected chi connectivity index (χ0v) is 13.3. The van der Waals surface area contributed by atoms with Crippen molar-refractivity contribution >= 4 is 33.4 Å². The summed E-state index contributed by atoms with van der Waals surface area (Å²) >= 11 is 4.63. The van der Waals surface area contributed by atoms with E-state index in [0.717, 1.165) is 27.3 Å². The molecule has 0 unspecified atom stereocenters. The summed E-state index contributed by atoms with van der Waals surface area (Å²) in [7, 11) is 0. The van der Waals surface area contributed by atoms with Crippen LogP contribution in [-0.2, 0) is 4.74 Å². The molecular weight excluding hydrogens is 326 g/mol. The van der Waals surface area contributed by atoms with Gasteiger partial charge in [0.15, 0.2) is 0 Å². The third kappa shape index (κ3) is 3.64. The minimum atomic E-state index is -0.492. The van der Waals surface area contributed by atoms with Gasteiger partial charge in [-0.05, 0) is 44.4 Å². The molecule has 0 aliphatic heterocycles. The van der Waals surface area contributed by atoms with Crippen LogP contribution in [0.2, 0.25) is 0 Å². The third-order valence-corrected chi connectivity index (χ3v) is 3.72. The Morgan fingerprint density at radius 3 is 2.63 bits per heavy atom. The summed E-state index contributed by atoms with van der Waals surface area (Å²) in [6, 6.07) is 9.54. The maximum atomic E-state index is 11.9. The molecule has 0 bridgehead atoms. The Bertz CT molecular complexity index is 601. The molecule has 19 heavy (non-hydrogen) atoms. The van der Waals surface area contributed by atoms with E-state index in [1.54, 1.807) is 6.07 Å². The van der Waals surface area contributed by atoms with Gasteiger partial charge in [0.05, 0.1) is 5.69 Å². The molecule has 0 saturated carbocycles. The van der Waals surface area contributed by atoms with Crippen molar-refractivity contribution in [3.63, 3.8) is 0 Å². The molecule has 3 nitrogen and oxygen atoms in total. The number of esters is 1. The van der Waals surface area contributed by atoms with E-state index < -0.39 is 5.60 Å². The fourth-order valence-electron chi connectivity index (χ4n) is 1.50. The van der Waals surface area contributed by atoms with Gasteiger partial charge in [0.1, 0.15) is 10.5 Å². The highest BCUT2D eigenvalue weighted by atomic mass is 79.9. The molecule has 0 N–H and O–H groups in total. The number of hydrogen-bond donors (Lipinski definition) is 0. The van der Waals surface area contributed by atoms with Crippen molar-refractivity contribution in [1.29, 1.82) is 0 Å².